The molecule has 3 aromatic rings. The van der Waals surface area contributed by atoms with Gasteiger partial charge in [0.2, 0.25) is 5.88 Å². The molecule has 0 aliphatic rings. The highest BCUT2D eigenvalue weighted by Crippen LogP contribution is 2.25. The van der Waals surface area contributed by atoms with Gasteiger partial charge in [0, 0.05) is 6.07 Å². The van der Waals surface area contributed by atoms with Crippen LogP contribution < -0.4 is 4.74 Å². The van der Waals surface area contributed by atoms with Crippen LogP contribution in [0.5, 0.6) is 5.88 Å². The number of carbonyl (C=O) groups excluding carboxylic acids is 1. The van der Waals surface area contributed by atoms with Crippen molar-refractivity contribution in [3.05, 3.63) is 77.2 Å². The molecule has 0 aliphatic heterocycles. The van der Waals surface area contributed by atoms with E-state index in [1.807, 2.05) is 45.0 Å². The van der Waals surface area contributed by atoms with Crippen molar-refractivity contribution in [2.75, 3.05) is 0 Å². The van der Waals surface area contributed by atoms with Crippen LogP contribution in [0.2, 0.25) is 0 Å². The SMILES string of the molecule is Cc1ccc(-n2nc(C(C)C)cc2OC(=O)c2ccccc2F)cc1. The van der Waals surface area contributed by atoms with Crippen LogP contribution in [0.25, 0.3) is 5.69 Å². The molecule has 0 saturated carbocycles. The van der Waals surface area contributed by atoms with Crippen LogP contribution in [-0.4, -0.2) is 15.7 Å². The van der Waals surface area contributed by atoms with Crippen molar-refractivity contribution in [1.82, 2.24) is 9.78 Å². The lowest BCUT2D eigenvalue weighted by Gasteiger charge is -2.08. The number of aryl methyl sites for hydroxylation is 1. The van der Waals surface area contributed by atoms with E-state index in [0.717, 1.165) is 16.9 Å². The second-order valence-corrected chi connectivity index (χ2v) is 6.18. The van der Waals surface area contributed by atoms with E-state index < -0.39 is 11.8 Å². The highest BCUT2D eigenvalue weighted by Gasteiger charge is 2.19. The Hall–Kier alpha value is -2.95. The summed E-state index contributed by atoms with van der Waals surface area (Å²) in [5.41, 5.74) is 2.57. The Morgan fingerprint density at radius 2 is 1.80 bits per heavy atom. The Balaban J connectivity index is 1.99. The first-order valence-electron chi connectivity index (χ1n) is 8.09. The predicted octanol–water partition coefficient (Wildman–Crippen LogP) is 4.66. The van der Waals surface area contributed by atoms with Crippen LogP contribution in [-0.2, 0) is 0 Å². The molecule has 0 unspecified atom stereocenters. The highest BCUT2D eigenvalue weighted by molar-refractivity contribution is 5.91. The highest BCUT2D eigenvalue weighted by atomic mass is 19.1. The molecule has 0 fully saturated rings. The number of ether oxygens (including phenoxy) is 1. The van der Waals surface area contributed by atoms with Gasteiger partial charge in [-0.2, -0.15) is 5.10 Å². The number of nitrogens with zero attached hydrogens (tertiary/aromatic N) is 2. The number of benzene rings is 2. The van der Waals surface area contributed by atoms with Gasteiger partial charge in [0.15, 0.2) is 0 Å². The monoisotopic (exact) mass is 338 g/mol. The minimum Gasteiger partial charge on any atom is -0.404 e. The standard InChI is InChI=1S/C20H19FN2O2/c1-13(2)18-12-19(23(22-18)15-10-8-14(3)9-11-15)25-20(24)16-6-4-5-7-17(16)21/h4-13H,1-3H3. The molecule has 1 heterocycles. The summed E-state index contributed by atoms with van der Waals surface area (Å²) in [4.78, 5) is 12.3. The molecule has 5 heteroatoms. The van der Waals surface area contributed by atoms with Gasteiger partial charge in [-0.1, -0.05) is 43.7 Å². The molecule has 4 nitrogen and oxygen atoms in total. The summed E-state index contributed by atoms with van der Waals surface area (Å²) in [6, 6.07) is 15.2. The van der Waals surface area contributed by atoms with Crippen molar-refractivity contribution in [2.45, 2.75) is 26.7 Å². The molecule has 0 radical (unpaired) electrons. The molecule has 0 atom stereocenters. The summed E-state index contributed by atoms with van der Waals surface area (Å²) in [6.45, 7) is 6.00. The Kier molecular flexibility index (Phi) is 4.65. The molecule has 2 aromatic carbocycles. The summed E-state index contributed by atoms with van der Waals surface area (Å²) in [5.74, 6) is -0.932. The van der Waals surface area contributed by atoms with E-state index in [0.29, 0.717) is 0 Å². The first kappa shape index (κ1) is 16.9. The number of halogens is 1. The topological polar surface area (TPSA) is 44.1 Å². The van der Waals surface area contributed by atoms with Crippen molar-refractivity contribution in [3.8, 4) is 11.6 Å². The quantitative estimate of drug-likeness (QED) is 0.650. The van der Waals surface area contributed by atoms with Gasteiger partial charge in [0.25, 0.3) is 0 Å². The summed E-state index contributed by atoms with van der Waals surface area (Å²) >= 11 is 0. The Morgan fingerprint density at radius 3 is 2.44 bits per heavy atom. The number of hydrogen-bond donors (Lipinski definition) is 0. The smallest absolute Gasteiger partial charge is 0.347 e. The van der Waals surface area contributed by atoms with Gasteiger partial charge < -0.3 is 4.74 Å². The summed E-state index contributed by atoms with van der Waals surface area (Å²) < 4.78 is 20.8. The molecule has 0 saturated heterocycles. The maximum Gasteiger partial charge on any atom is 0.347 e. The average Bonchev–Trinajstić information content (AvgIpc) is 3.00. The van der Waals surface area contributed by atoms with Crippen molar-refractivity contribution in [3.63, 3.8) is 0 Å². The van der Waals surface area contributed by atoms with Gasteiger partial charge in [-0.15, -0.1) is 0 Å². The third-order valence-corrected chi connectivity index (χ3v) is 3.86. The molecule has 3 rings (SSSR count). The lowest BCUT2D eigenvalue weighted by Crippen LogP contribution is -2.13. The van der Waals surface area contributed by atoms with Crippen molar-refractivity contribution < 1.29 is 13.9 Å². The molecule has 128 valence electrons. The number of aromatic nitrogens is 2. The molecule has 25 heavy (non-hydrogen) atoms. The normalized spacial score (nSPS) is 10.9. The van der Waals surface area contributed by atoms with Gasteiger partial charge in [0.1, 0.15) is 5.82 Å². The van der Waals surface area contributed by atoms with E-state index in [9.17, 15) is 9.18 Å². The maximum atomic E-state index is 13.8. The zero-order valence-electron chi connectivity index (χ0n) is 14.4. The molecule has 0 aliphatic carbocycles. The summed E-state index contributed by atoms with van der Waals surface area (Å²) in [6.07, 6.45) is 0. The van der Waals surface area contributed by atoms with Crippen molar-refractivity contribution in [1.29, 1.82) is 0 Å². The van der Waals surface area contributed by atoms with Crippen LogP contribution in [0.15, 0.2) is 54.6 Å². The number of carbonyl (C=O) groups is 1. The van der Waals surface area contributed by atoms with E-state index in [1.54, 1.807) is 16.8 Å². The second kappa shape index (κ2) is 6.89. The van der Waals surface area contributed by atoms with E-state index in [4.69, 9.17) is 4.74 Å². The fourth-order valence-corrected chi connectivity index (χ4v) is 2.38. The van der Waals surface area contributed by atoms with Gasteiger partial charge in [-0.05, 0) is 37.1 Å². The lowest BCUT2D eigenvalue weighted by atomic mass is 10.1. The minimum atomic E-state index is -0.748. The van der Waals surface area contributed by atoms with E-state index in [-0.39, 0.29) is 17.4 Å². The van der Waals surface area contributed by atoms with Crippen LogP contribution >= 0.6 is 0 Å². The van der Waals surface area contributed by atoms with E-state index in [2.05, 4.69) is 5.10 Å². The first-order chi connectivity index (χ1) is 12.0. The first-order valence-corrected chi connectivity index (χ1v) is 8.09. The average molecular weight is 338 g/mol. The van der Waals surface area contributed by atoms with E-state index in [1.165, 1.54) is 18.2 Å². The second-order valence-electron chi connectivity index (χ2n) is 6.18. The third kappa shape index (κ3) is 3.60. The molecule has 0 spiro atoms. The number of rotatable bonds is 4. The van der Waals surface area contributed by atoms with Gasteiger partial charge in [-0.3, -0.25) is 0 Å². The van der Waals surface area contributed by atoms with Crippen molar-refractivity contribution >= 4 is 5.97 Å². The zero-order valence-corrected chi connectivity index (χ0v) is 14.4. The Morgan fingerprint density at radius 1 is 1.12 bits per heavy atom. The molecule has 1 aromatic heterocycles. The van der Waals surface area contributed by atoms with Gasteiger partial charge >= 0.3 is 5.97 Å². The molecule has 0 bridgehead atoms. The van der Waals surface area contributed by atoms with Crippen molar-refractivity contribution in [2.24, 2.45) is 0 Å². The Bertz CT molecular complexity index is 898. The fourth-order valence-electron chi connectivity index (χ4n) is 2.38. The van der Waals surface area contributed by atoms with E-state index >= 15 is 0 Å². The van der Waals surface area contributed by atoms with Crippen LogP contribution in [0.1, 0.15) is 41.4 Å². The molecular formula is C20H19FN2O2. The zero-order chi connectivity index (χ0) is 18.0. The van der Waals surface area contributed by atoms with Gasteiger partial charge in [-0.25, -0.2) is 13.9 Å². The summed E-state index contributed by atoms with van der Waals surface area (Å²) in [7, 11) is 0. The Labute approximate surface area is 145 Å². The third-order valence-electron chi connectivity index (χ3n) is 3.86. The van der Waals surface area contributed by atoms with Crippen LogP contribution in [0.3, 0.4) is 0 Å². The molecular weight excluding hydrogens is 319 g/mol. The maximum absolute atomic E-state index is 13.8. The fraction of sp³-hybridized carbons (Fsp3) is 0.200. The number of hydrogen-bond acceptors (Lipinski definition) is 3. The summed E-state index contributed by atoms with van der Waals surface area (Å²) in [5, 5.41) is 4.52. The van der Waals surface area contributed by atoms with Crippen LogP contribution in [0, 0.1) is 12.7 Å². The van der Waals surface area contributed by atoms with Gasteiger partial charge in [0.05, 0.1) is 16.9 Å². The largest absolute Gasteiger partial charge is 0.404 e. The lowest BCUT2D eigenvalue weighted by molar-refractivity contribution is 0.0718. The minimum absolute atomic E-state index is 0.106. The molecule has 0 amide bonds. The predicted molar refractivity (Wildman–Crippen MR) is 93.7 cm³/mol. The van der Waals surface area contributed by atoms with Crippen LogP contribution in [0.4, 0.5) is 4.39 Å². The number of esters is 1. The molecule has 0 N–H and O–H groups in total.